The maximum Gasteiger partial charge on any atom is 0.319 e. The summed E-state index contributed by atoms with van der Waals surface area (Å²) >= 11 is 5.99. The number of non-ortho nitro benzene ring substituents is 1. The number of hydrogen-bond donors (Lipinski definition) is 0. The van der Waals surface area contributed by atoms with E-state index in [0.29, 0.717) is 5.69 Å². The van der Waals surface area contributed by atoms with Crippen molar-refractivity contribution in [1.82, 2.24) is 9.55 Å². The van der Waals surface area contributed by atoms with E-state index in [-0.39, 0.29) is 23.1 Å². The van der Waals surface area contributed by atoms with E-state index < -0.39 is 11.5 Å². The van der Waals surface area contributed by atoms with Crippen LogP contribution in [0.2, 0.25) is 5.02 Å². The number of anilines is 1. The molecule has 2 rings (SSSR count). The Bertz CT molecular complexity index is 662. The Morgan fingerprint density at radius 1 is 1.52 bits per heavy atom. The molecule has 1 aromatic carbocycles. The predicted molar refractivity (Wildman–Crippen MR) is 73.7 cm³/mol. The van der Waals surface area contributed by atoms with Crippen molar-refractivity contribution >= 4 is 23.0 Å². The van der Waals surface area contributed by atoms with Gasteiger partial charge in [0.25, 0.3) is 5.69 Å². The number of hydrogen-bond acceptors (Lipinski definition) is 4. The second kappa shape index (κ2) is 6.04. The number of nitrogens with zero attached hydrogens (tertiary/aromatic N) is 4. The molecule has 1 aromatic heterocycles. The molecule has 0 fully saturated rings. The van der Waals surface area contributed by atoms with E-state index in [2.05, 4.69) is 4.98 Å². The third-order valence-electron chi connectivity index (χ3n) is 2.89. The number of imidazole rings is 1. The molecule has 9 heteroatoms. The summed E-state index contributed by atoms with van der Waals surface area (Å²) < 4.78 is 26.2. The van der Waals surface area contributed by atoms with Crippen molar-refractivity contribution in [3.8, 4) is 0 Å². The average Bonchev–Trinajstić information content (AvgIpc) is 2.86. The number of aromatic nitrogens is 2. The lowest BCUT2D eigenvalue weighted by Gasteiger charge is -2.20. The molecule has 0 saturated heterocycles. The van der Waals surface area contributed by atoms with Crippen LogP contribution in [0.4, 0.5) is 20.2 Å². The molecule has 0 radical (unpaired) electrons. The predicted octanol–water partition coefficient (Wildman–Crippen LogP) is 3.48. The van der Waals surface area contributed by atoms with Crippen LogP contribution in [0.5, 0.6) is 0 Å². The molecular formula is C12H11ClF2N4O2. The van der Waals surface area contributed by atoms with Crippen molar-refractivity contribution in [3.05, 3.63) is 51.6 Å². The van der Waals surface area contributed by atoms with E-state index >= 15 is 0 Å². The van der Waals surface area contributed by atoms with E-state index in [9.17, 15) is 18.9 Å². The Morgan fingerprint density at radius 2 is 2.24 bits per heavy atom. The van der Waals surface area contributed by atoms with Gasteiger partial charge in [0.1, 0.15) is 5.82 Å². The second-order valence-corrected chi connectivity index (χ2v) is 4.68. The number of halogens is 3. The Hall–Kier alpha value is -2.22. The fourth-order valence-electron chi connectivity index (χ4n) is 1.86. The van der Waals surface area contributed by atoms with Gasteiger partial charge >= 0.3 is 6.55 Å². The average molecular weight is 317 g/mol. The Kier molecular flexibility index (Phi) is 4.37. The van der Waals surface area contributed by atoms with Crippen LogP contribution >= 0.6 is 11.6 Å². The summed E-state index contributed by atoms with van der Waals surface area (Å²) in [5.41, 5.74) is 0.359. The smallest absolute Gasteiger partial charge is 0.319 e. The lowest BCUT2D eigenvalue weighted by Crippen LogP contribution is -2.20. The van der Waals surface area contributed by atoms with Crippen molar-refractivity contribution in [3.63, 3.8) is 0 Å². The third kappa shape index (κ3) is 3.27. The van der Waals surface area contributed by atoms with Crippen molar-refractivity contribution in [1.29, 1.82) is 0 Å². The van der Waals surface area contributed by atoms with E-state index in [0.717, 1.165) is 4.57 Å². The zero-order chi connectivity index (χ0) is 15.6. The number of benzene rings is 1. The van der Waals surface area contributed by atoms with Gasteiger partial charge in [0.2, 0.25) is 0 Å². The molecule has 0 amide bonds. The highest BCUT2D eigenvalue weighted by molar-refractivity contribution is 6.33. The highest BCUT2D eigenvalue weighted by atomic mass is 35.5. The summed E-state index contributed by atoms with van der Waals surface area (Å²) in [5, 5.41) is 10.8. The van der Waals surface area contributed by atoms with E-state index in [1.165, 1.54) is 30.6 Å². The molecule has 0 saturated carbocycles. The summed E-state index contributed by atoms with van der Waals surface area (Å²) in [6.45, 7) is -2.59. The SMILES string of the molecule is CN(Cc1nccn1C(F)F)c1ccc([N+](=O)[O-])cc1Cl. The van der Waals surface area contributed by atoms with Gasteiger partial charge in [-0.3, -0.25) is 14.7 Å². The van der Waals surface area contributed by atoms with E-state index in [4.69, 9.17) is 11.6 Å². The molecule has 0 spiro atoms. The van der Waals surface area contributed by atoms with Crippen LogP contribution in [-0.2, 0) is 6.54 Å². The number of rotatable bonds is 5. The van der Waals surface area contributed by atoms with Crippen molar-refractivity contribution in [2.45, 2.75) is 13.1 Å². The van der Waals surface area contributed by atoms with Crippen molar-refractivity contribution in [2.24, 2.45) is 0 Å². The molecule has 0 aliphatic carbocycles. The fraction of sp³-hybridized carbons (Fsp3) is 0.250. The van der Waals surface area contributed by atoms with Gasteiger partial charge in [-0.15, -0.1) is 0 Å². The molecule has 0 aliphatic heterocycles. The van der Waals surface area contributed by atoms with Crippen LogP contribution in [-0.4, -0.2) is 21.5 Å². The lowest BCUT2D eigenvalue weighted by molar-refractivity contribution is -0.384. The van der Waals surface area contributed by atoms with Gasteiger partial charge in [0, 0.05) is 31.6 Å². The first-order valence-corrected chi connectivity index (χ1v) is 6.23. The summed E-state index contributed by atoms with van der Waals surface area (Å²) in [5.74, 6) is 0.168. The maximum atomic E-state index is 12.7. The van der Waals surface area contributed by atoms with Gasteiger partial charge in [-0.05, 0) is 6.07 Å². The summed E-state index contributed by atoms with van der Waals surface area (Å²) in [4.78, 5) is 15.5. The Labute approximate surface area is 123 Å². The molecule has 21 heavy (non-hydrogen) atoms. The van der Waals surface area contributed by atoms with Gasteiger partial charge in [-0.2, -0.15) is 8.78 Å². The fourth-order valence-corrected chi connectivity index (χ4v) is 2.18. The van der Waals surface area contributed by atoms with E-state index in [1.54, 1.807) is 11.9 Å². The van der Waals surface area contributed by atoms with Crippen LogP contribution in [0.3, 0.4) is 0 Å². The van der Waals surface area contributed by atoms with Crippen LogP contribution < -0.4 is 4.90 Å². The molecular weight excluding hydrogens is 306 g/mol. The molecule has 0 N–H and O–H groups in total. The largest absolute Gasteiger partial charge is 0.366 e. The summed E-state index contributed by atoms with van der Waals surface area (Å²) in [6.07, 6.45) is 2.47. The first kappa shape index (κ1) is 15.2. The Morgan fingerprint density at radius 3 is 2.81 bits per heavy atom. The standard InChI is InChI=1S/C12H11ClF2N4O2/c1-17(7-11-16-4-5-18(11)12(14)15)10-3-2-8(19(20)21)6-9(10)13/h2-6,12H,7H2,1H3. The van der Waals surface area contributed by atoms with Crippen LogP contribution in [0, 0.1) is 10.1 Å². The number of nitro groups is 1. The normalized spacial score (nSPS) is 10.9. The molecule has 2 aromatic rings. The number of nitro benzene ring substituents is 1. The minimum absolute atomic E-state index is 0.0921. The summed E-state index contributed by atoms with van der Waals surface area (Å²) in [7, 11) is 1.64. The van der Waals surface area contributed by atoms with Crippen LogP contribution in [0.15, 0.2) is 30.6 Å². The highest BCUT2D eigenvalue weighted by Gasteiger charge is 2.16. The lowest BCUT2D eigenvalue weighted by atomic mass is 10.2. The van der Waals surface area contributed by atoms with Crippen molar-refractivity contribution < 1.29 is 13.7 Å². The van der Waals surface area contributed by atoms with Gasteiger partial charge < -0.3 is 4.90 Å². The highest BCUT2D eigenvalue weighted by Crippen LogP contribution is 2.30. The zero-order valence-electron chi connectivity index (χ0n) is 10.9. The zero-order valence-corrected chi connectivity index (χ0v) is 11.7. The minimum Gasteiger partial charge on any atom is -0.366 e. The van der Waals surface area contributed by atoms with Gasteiger partial charge in [0.05, 0.1) is 22.2 Å². The van der Waals surface area contributed by atoms with Gasteiger partial charge in [-0.1, -0.05) is 11.6 Å². The molecule has 0 aliphatic rings. The third-order valence-corrected chi connectivity index (χ3v) is 3.19. The van der Waals surface area contributed by atoms with E-state index in [1.807, 2.05) is 0 Å². The first-order valence-electron chi connectivity index (χ1n) is 5.85. The van der Waals surface area contributed by atoms with Crippen LogP contribution in [0.25, 0.3) is 0 Å². The van der Waals surface area contributed by atoms with Gasteiger partial charge in [0.15, 0.2) is 0 Å². The molecule has 1 heterocycles. The first-order chi connectivity index (χ1) is 9.90. The monoisotopic (exact) mass is 316 g/mol. The molecule has 112 valence electrons. The van der Waals surface area contributed by atoms with Gasteiger partial charge in [-0.25, -0.2) is 4.98 Å². The summed E-state index contributed by atoms with van der Waals surface area (Å²) in [6, 6.07) is 3.99. The molecule has 0 atom stereocenters. The Balaban J connectivity index is 2.22. The number of alkyl halides is 2. The molecule has 0 bridgehead atoms. The second-order valence-electron chi connectivity index (χ2n) is 4.28. The van der Waals surface area contributed by atoms with Crippen LogP contribution in [0.1, 0.15) is 12.4 Å². The quantitative estimate of drug-likeness (QED) is 0.626. The molecule has 6 nitrogen and oxygen atoms in total. The topological polar surface area (TPSA) is 64.2 Å². The molecule has 0 unspecified atom stereocenters. The maximum absolute atomic E-state index is 12.7. The van der Waals surface area contributed by atoms with Crippen molar-refractivity contribution in [2.75, 3.05) is 11.9 Å². The minimum atomic E-state index is -2.68.